The smallest absolute Gasteiger partial charge is 0.189 e. The van der Waals surface area contributed by atoms with Crippen LogP contribution in [0.4, 0.5) is 5.69 Å². The molecule has 1 heterocycles. The number of nitrogens with zero attached hydrogens (tertiary/aromatic N) is 1. The summed E-state index contributed by atoms with van der Waals surface area (Å²) >= 11 is 5.56. The third-order valence-corrected chi connectivity index (χ3v) is 3.97. The minimum atomic E-state index is -0.135. The minimum absolute atomic E-state index is 0.135. The second-order valence-electron chi connectivity index (χ2n) is 6.99. The Labute approximate surface area is 134 Å². The van der Waals surface area contributed by atoms with E-state index in [-0.39, 0.29) is 5.66 Å². The van der Waals surface area contributed by atoms with Crippen molar-refractivity contribution in [3.63, 3.8) is 0 Å². The molecule has 0 radical (unpaired) electrons. The Hall–Kier alpha value is -1.13. The lowest BCUT2D eigenvalue weighted by atomic mass is 9.90. The van der Waals surface area contributed by atoms with Gasteiger partial charge in [0.1, 0.15) is 5.66 Å². The topological polar surface area (TPSA) is 27.3 Å². The predicted molar refractivity (Wildman–Crippen MR) is 94.2 cm³/mol. The van der Waals surface area contributed by atoms with Gasteiger partial charge in [0.2, 0.25) is 0 Å². The Morgan fingerprint density at radius 3 is 2.05 bits per heavy atom. The second kappa shape index (κ2) is 6.32. The first kappa shape index (κ1) is 16.2. The van der Waals surface area contributed by atoms with Crippen molar-refractivity contribution in [3.05, 3.63) is 29.8 Å². The largest absolute Gasteiger partial charge is 0.342 e. The minimum Gasteiger partial charge on any atom is -0.342 e. The van der Waals surface area contributed by atoms with E-state index in [1.54, 1.807) is 0 Å². The third-order valence-electron chi connectivity index (χ3n) is 3.68. The Morgan fingerprint density at radius 1 is 1.05 bits per heavy atom. The summed E-state index contributed by atoms with van der Waals surface area (Å²) in [5.41, 5.74) is 5.85. The molecule has 0 amide bonds. The van der Waals surface area contributed by atoms with E-state index in [4.69, 9.17) is 12.2 Å². The van der Waals surface area contributed by atoms with Gasteiger partial charge in [0, 0.05) is 0 Å². The summed E-state index contributed by atoms with van der Waals surface area (Å²) in [6.45, 7) is 11.1. The maximum atomic E-state index is 5.56. The first-order valence-corrected chi connectivity index (χ1v) is 8.19. The Kier molecular flexibility index (Phi) is 4.89. The van der Waals surface area contributed by atoms with Crippen LogP contribution in [0.15, 0.2) is 24.3 Å². The molecule has 21 heavy (non-hydrogen) atoms. The van der Waals surface area contributed by atoms with Crippen LogP contribution in [0.5, 0.6) is 0 Å². The SMILES string of the molecule is Cc1ccc(N2NC(CC(C)C)(CC(C)C)NC2=S)cc1. The number of hydrogen-bond acceptors (Lipinski definition) is 2. The molecule has 0 aliphatic carbocycles. The van der Waals surface area contributed by atoms with Crippen molar-refractivity contribution in [3.8, 4) is 0 Å². The molecule has 116 valence electrons. The quantitative estimate of drug-likeness (QED) is 0.805. The monoisotopic (exact) mass is 305 g/mol. The predicted octanol–water partition coefficient (Wildman–Crippen LogP) is 3.98. The second-order valence-corrected chi connectivity index (χ2v) is 7.38. The molecule has 1 aromatic rings. The maximum Gasteiger partial charge on any atom is 0.189 e. The zero-order valence-corrected chi connectivity index (χ0v) is 14.6. The normalized spacial score (nSPS) is 17.7. The lowest BCUT2D eigenvalue weighted by molar-refractivity contribution is 0.229. The number of hydrogen-bond donors (Lipinski definition) is 2. The van der Waals surface area contributed by atoms with Gasteiger partial charge in [0.15, 0.2) is 5.11 Å². The van der Waals surface area contributed by atoms with Crippen LogP contribution < -0.4 is 15.8 Å². The van der Waals surface area contributed by atoms with Crippen molar-refractivity contribution in [2.75, 3.05) is 5.01 Å². The molecule has 1 aliphatic heterocycles. The molecule has 0 saturated carbocycles. The summed E-state index contributed by atoms with van der Waals surface area (Å²) in [4.78, 5) is 0. The van der Waals surface area contributed by atoms with Crippen LogP contribution in [0.2, 0.25) is 0 Å². The van der Waals surface area contributed by atoms with Crippen molar-refractivity contribution in [1.29, 1.82) is 0 Å². The number of nitrogens with one attached hydrogen (secondary N) is 2. The van der Waals surface area contributed by atoms with E-state index in [1.807, 2.05) is 5.01 Å². The average molecular weight is 305 g/mol. The van der Waals surface area contributed by atoms with Crippen molar-refractivity contribution in [1.82, 2.24) is 10.7 Å². The molecule has 2 rings (SSSR count). The molecule has 0 spiro atoms. The fourth-order valence-electron chi connectivity index (χ4n) is 3.10. The number of anilines is 1. The summed E-state index contributed by atoms with van der Waals surface area (Å²) in [5, 5.41) is 6.32. The zero-order chi connectivity index (χ0) is 15.6. The zero-order valence-electron chi connectivity index (χ0n) is 13.7. The molecule has 1 fully saturated rings. The molecule has 1 saturated heterocycles. The van der Waals surface area contributed by atoms with Gasteiger partial charge < -0.3 is 5.32 Å². The van der Waals surface area contributed by atoms with Crippen molar-refractivity contribution in [2.45, 2.75) is 53.1 Å². The maximum absolute atomic E-state index is 5.56. The number of hydrazine groups is 1. The van der Waals surface area contributed by atoms with Gasteiger partial charge in [0.25, 0.3) is 0 Å². The van der Waals surface area contributed by atoms with E-state index >= 15 is 0 Å². The van der Waals surface area contributed by atoms with Gasteiger partial charge in [0.05, 0.1) is 5.69 Å². The Morgan fingerprint density at radius 2 is 1.57 bits per heavy atom. The van der Waals surface area contributed by atoms with E-state index in [0.717, 1.165) is 23.6 Å². The molecule has 0 bridgehead atoms. The number of rotatable bonds is 5. The summed E-state index contributed by atoms with van der Waals surface area (Å²) in [7, 11) is 0. The molecule has 4 heteroatoms. The van der Waals surface area contributed by atoms with Gasteiger partial charge in [-0.25, -0.2) is 5.43 Å². The van der Waals surface area contributed by atoms with Gasteiger partial charge in [-0.05, 0) is 56.0 Å². The molecule has 0 unspecified atom stereocenters. The van der Waals surface area contributed by atoms with Crippen LogP contribution in [0.25, 0.3) is 0 Å². The number of thiocarbonyl (C=S) groups is 1. The highest BCUT2D eigenvalue weighted by molar-refractivity contribution is 7.80. The van der Waals surface area contributed by atoms with Gasteiger partial charge in [-0.2, -0.15) is 0 Å². The molecular weight excluding hydrogens is 278 g/mol. The van der Waals surface area contributed by atoms with E-state index in [9.17, 15) is 0 Å². The molecule has 0 aromatic heterocycles. The average Bonchev–Trinajstić information content (AvgIpc) is 2.65. The van der Waals surface area contributed by atoms with Gasteiger partial charge in [-0.1, -0.05) is 45.4 Å². The van der Waals surface area contributed by atoms with E-state index in [0.29, 0.717) is 11.8 Å². The molecular formula is C17H27N3S. The highest BCUT2D eigenvalue weighted by atomic mass is 32.1. The standard InChI is InChI=1S/C17H27N3S/c1-12(2)10-17(11-13(3)4)18-16(21)20(19-17)15-8-6-14(5)7-9-15/h6-9,12-13,19H,10-11H2,1-5H3,(H,18,21). The molecule has 3 nitrogen and oxygen atoms in total. The highest BCUT2D eigenvalue weighted by Gasteiger charge is 2.41. The number of aryl methyl sites for hydroxylation is 1. The highest BCUT2D eigenvalue weighted by Crippen LogP contribution is 2.29. The van der Waals surface area contributed by atoms with Gasteiger partial charge in [-0.3, -0.25) is 5.01 Å². The fourth-order valence-corrected chi connectivity index (χ4v) is 3.45. The summed E-state index contributed by atoms with van der Waals surface area (Å²) < 4.78 is 0. The Bertz CT molecular complexity index is 483. The third kappa shape index (κ3) is 3.95. The van der Waals surface area contributed by atoms with E-state index < -0.39 is 0 Å². The first-order chi connectivity index (χ1) is 9.81. The molecule has 0 atom stereocenters. The summed E-state index contributed by atoms with van der Waals surface area (Å²) in [6, 6.07) is 8.45. The number of benzene rings is 1. The molecule has 1 aliphatic rings. The van der Waals surface area contributed by atoms with Crippen LogP contribution in [0.3, 0.4) is 0 Å². The molecule has 1 aromatic carbocycles. The van der Waals surface area contributed by atoms with Crippen molar-refractivity contribution in [2.24, 2.45) is 11.8 Å². The summed E-state index contributed by atoms with van der Waals surface area (Å²) in [6.07, 6.45) is 2.10. The first-order valence-electron chi connectivity index (χ1n) is 7.78. The van der Waals surface area contributed by atoms with Crippen LogP contribution in [0.1, 0.15) is 46.1 Å². The van der Waals surface area contributed by atoms with Crippen molar-refractivity contribution < 1.29 is 0 Å². The van der Waals surface area contributed by atoms with Crippen LogP contribution in [-0.2, 0) is 0 Å². The van der Waals surface area contributed by atoms with E-state index in [2.05, 4.69) is 69.6 Å². The molecule has 2 N–H and O–H groups in total. The Balaban J connectivity index is 2.23. The summed E-state index contributed by atoms with van der Waals surface area (Å²) in [5.74, 6) is 1.20. The van der Waals surface area contributed by atoms with E-state index in [1.165, 1.54) is 5.56 Å². The fraction of sp³-hybridized carbons (Fsp3) is 0.588. The lowest BCUT2D eigenvalue weighted by Gasteiger charge is -2.33. The van der Waals surface area contributed by atoms with Crippen LogP contribution >= 0.6 is 12.2 Å². The van der Waals surface area contributed by atoms with Crippen LogP contribution in [0, 0.1) is 18.8 Å². The van der Waals surface area contributed by atoms with Gasteiger partial charge >= 0.3 is 0 Å². The van der Waals surface area contributed by atoms with Crippen molar-refractivity contribution >= 4 is 23.0 Å². The van der Waals surface area contributed by atoms with Crippen LogP contribution in [-0.4, -0.2) is 10.8 Å². The lowest BCUT2D eigenvalue weighted by Crippen LogP contribution is -2.53. The van der Waals surface area contributed by atoms with Gasteiger partial charge in [-0.15, -0.1) is 0 Å².